The maximum absolute atomic E-state index is 11.8. The fraction of sp³-hybridized carbons (Fsp3) is 0.364. The van der Waals surface area contributed by atoms with Crippen LogP contribution in [0.3, 0.4) is 0 Å². The molecule has 0 spiro atoms. The maximum atomic E-state index is 11.8. The van der Waals surface area contributed by atoms with Gasteiger partial charge in [0.15, 0.2) is 9.84 Å². The average Bonchev–Trinajstić information content (AvgIpc) is 2.28. The number of hydrogen-bond acceptors (Lipinski definition) is 5. The molecule has 1 aromatic rings. The van der Waals surface area contributed by atoms with E-state index in [0.29, 0.717) is 5.56 Å². The second kappa shape index (κ2) is 5.47. The summed E-state index contributed by atoms with van der Waals surface area (Å²) in [6, 6.07) is 3.72. The van der Waals surface area contributed by atoms with Crippen molar-refractivity contribution in [2.24, 2.45) is 0 Å². The van der Waals surface area contributed by atoms with E-state index in [1.54, 1.807) is 6.92 Å². The van der Waals surface area contributed by atoms with E-state index in [1.165, 1.54) is 12.1 Å². The van der Waals surface area contributed by atoms with Gasteiger partial charge in [0.1, 0.15) is 0 Å². The van der Waals surface area contributed by atoms with Crippen molar-refractivity contribution in [3.8, 4) is 0 Å². The Labute approximate surface area is 104 Å². The summed E-state index contributed by atoms with van der Waals surface area (Å²) in [5, 5.41) is 26.7. The highest BCUT2D eigenvalue weighted by Gasteiger charge is 2.21. The van der Waals surface area contributed by atoms with Crippen LogP contribution in [0.4, 0.5) is 0 Å². The Bertz CT molecular complexity index is 549. The van der Waals surface area contributed by atoms with Crippen LogP contribution < -0.4 is 0 Å². The molecule has 100 valence electrons. The summed E-state index contributed by atoms with van der Waals surface area (Å²) in [7, 11) is -3.82. The molecule has 0 aliphatic heterocycles. The van der Waals surface area contributed by atoms with Gasteiger partial charge in [0.05, 0.1) is 28.9 Å². The molecule has 0 saturated carbocycles. The average molecular weight is 274 g/mol. The number of aliphatic hydroxyl groups excluding tert-OH is 2. The second-order valence-electron chi connectivity index (χ2n) is 3.90. The lowest BCUT2D eigenvalue weighted by Crippen LogP contribution is -2.24. The highest BCUT2D eigenvalue weighted by molar-refractivity contribution is 7.91. The van der Waals surface area contributed by atoms with Gasteiger partial charge in [-0.15, -0.1) is 0 Å². The fourth-order valence-electron chi connectivity index (χ4n) is 1.43. The van der Waals surface area contributed by atoms with Crippen molar-refractivity contribution in [2.75, 3.05) is 12.4 Å². The van der Waals surface area contributed by atoms with Gasteiger partial charge < -0.3 is 15.3 Å². The van der Waals surface area contributed by atoms with E-state index in [4.69, 9.17) is 15.3 Å². The number of benzene rings is 1. The lowest BCUT2D eigenvalue weighted by Gasteiger charge is -2.10. The molecule has 18 heavy (non-hydrogen) atoms. The summed E-state index contributed by atoms with van der Waals surface area (Å²) in [6.07, 6.45) is -1.38. The number of rotatable bonds is 5. The third-order valence-corrected chi connectivity index (χ3v) is 4.22. The van der Waals surface area contributed by atoms with E-state index in [-0.39, 0.29) is 10.5 Å². The monoisotopic (exact) mass is 274 g/mol. The van der Waals surface area contributed by atoms with Crippen LogP contribution in [0.2, 0.25) is 0 Å². The number of aromatic carboxylic acids is 1. The van der Waals surface area contributed by atoms with Crippen LogP contribution in [0, 0.1) is 6.92 Å². The Morgan fingerprint density at radius 1 is 1.39 bits per heavy atom. The molecule has 1 rings (SSSR count). The van der Waals surface area contributed by atoms with Crippen molar-refractivity contribution < 1.29 is 28.5 Å². The minimum atomic E-state index is -3.82. The minimum absolute atomic E-state index is 0.102. The maximum Gasteiger partial charge on any atom is 0.335 e. The summed E-state index contributed by atoms with van der Waals surface area (Å²) in [5.41, 5.74) is 0.346. The molecule has 1 atom stereocenters. The SMILES string of the molecule is Cc1ccc(S(=O)(=O)CC(O)CO)cc1C(=O)O. The van der Waals surface area contributed by atoms with Crippen molar-refractivity contribution in [1.29, 1.82) is 0 Å². The van der Waals surface area contributed by atoms with Gasteiger partial charge in [0.25, 0.3) is 0 Å². The van der Waals surface area contributed by atoms with Crippen molar-refractivity contribution >= 4 is 15.8 Å². The van der Waals surface area contributed by atoms with Crippen LogP contribution in [-0.2, 0) is 9.84 Å². The summed E-state index contributed by atoms with van der Waals surface area (Å²) >= 11 is 0. The van der Waals surface area contributed by atoms with E-state index in [0.717, 1.165) is 6.07 Å². The molecule has 1 aromatic carbocycles. The number of aliphatic hydroxyl groups is 2. The molecule has 0 aromatic heterocycles. The lowest BCUT2D eigenvalue weighted by molar-refractivity contribution is 0.0696. The molecule has 0 fully saturated rings. The Kier molecular flexibility index (Phi) is 4.44. The fourth-order valence-corrected chi connectivity index (χ4v) is 2.80. The second-order valence-corrected chi connectivity index (χ2v) is 5.93. The van der Waals surface area contributed by atoms with Crippen LogP contribution in [0.25, 0.3) is 0 Å². The van der Waals surface area contributed by atoms with Crippen molar-refractivity contribution in [1.82, 2.24) is 0 Å². The van der Waals surface area contributed by atoms with Crippen molar-refractivity contribution in [2.45, 2.75) is 17.9 Å². The van der Waals surface area contributed by atoms with Crippen LogP contribution in [0.5, 0.6) is 0 Å². The molecule has 6 nitrogen and oxygen atoms in total. The first-order valence-corrected chi connectivity index (χ1v) is 6.79. The van der Waals surface area contributed by atoms with E-state index in [2.05, 4.69) is 0 Å². The van der Waals surface area contributed by atoms with E-state index >= 15 is 0 Å². The molecule has 0 aliphatic carbocycles. The Morgan fingerprint density at radius 3 is 2.50 bits per heavy atom. The van der Waals surface area contributed by atoms with Gasteiger partial charge in [-0.3, -0.25) is 0 Å². The molecule has 0 amide bonds. The molecule has 1 unspecified atom stereocenters. The van der Waals surface area contributed by atoms with Gasteiger partial charge in [-0.1, -0.05) is 6.07 Å². The standard InChI is InChI=1S/C11H14O6S/c1-7-2-3-9(4-10(7)11(14)15)18(16,17)6-8(13)5-12/h2-4,8,12-13H,5-6H2,1H3,(H,14,15). The van der Waals surface area contributed by atoms with Crippen LogP contribution in [0.15, 0.2) is 23.1 Å². The molecule has 3 N–H and O–H groups in total. The Balaban J connectivity index is 3.18. The Hall–Kier alpha value is -1.44. The number of aryl methyl sites for hydroxylation is 1. The lowest BCUT2D eigenvalue weighted by atomic mass is 10.1. The third kappa shape index (κ3) is 3.28. The van der Waals surface area contributed by atoms with Crippen molar-refractivity contribution in [3.05, 3.63) is 29.3 Å². The number of carboxylic acids is 1. The zero-order chi connectivity index (χ0) is 13.9. The molecule has 0 saturated heterocycles. The van der Waals surface area contributed by atoms with E-state index in [1.807, 2.05) is 0 Å². The topological polar surface area (TPSA) is 112 Å². The van der Waals surface area contributed by atoms with Gasteiger partial charge in [-0.25, -0.2) is 13.2 Å². The summed E-state index contributed by atoms with van der Waals surface area (Å²) in [4.78, 5) is 10.7. The summed E-state index contributed by atoms with van der Waals surface area (Å²) < 4.78 is 23.6. The zero-order valence-electron chi connectivity index (χ0n) is 9.70. The predicted molar refractivity (Wildman–Crippen MR) is 63.3 cm³/mol. The molecule has 0 aliphatic rings. The molecule has 7 heteroatoms. The molecular formula is C11H14O6S. The summed E-state index contributed by atoms with van der Waals surface area (Å²) in [5.74, 6) is -1.86. The molecule has 0 bridgehead atoms. The van der Waals surface area contributed by atoms with Crippen molar-refractivity contribution in [3.63, 3.8) is 0 Å². The normalized spacial score (nSPS) is 13.3. The number of hydrogen-bond donors (Lipinski definition) is 3. The molecular weight excluding hydrogens is 260 g/mol. The first-order valence-electron chi connectivity index (χ1n) is 5.13. The largest absolute Gasteiger partial charge is 0.478 e. The van der Waals surface area contributed by atoms with Gasteiger partial charge in [-0.2, -0.15) is 0 Å². The third-order valence-electron chi connectivity index (χ3n) is 2.42. The number of sulfone groups is 1. The number of carbonyl (C=O) groups is 1. The molecule has 0 radical (unpaired) electrons. The van der Waals surface area contributed by atoms with Crippen LogP contribution >= 0.6 is 0 Å². The Morgan fingerprint density at radius 2 is 2.00 bits per heavy atom. The predicted octanol–water partition coefficient (Wildman–Crippen LogP) is -0.180. The smallest absolute Gasteiger partial charge is 0.335 e. The van der Waals surface area contributed by atoms with Gasteiger partial charge >= 0.3 is 5.97 Å². The minimum Gasteiger partial charge on any atom is -0.478 e. The number of carboxylic acid groups (broad SMARTS) is 1. The van der Waals surface area contributed by atoms with Gasteiger partial charge in [0, 0.05) is 0 Å². The van der Waals surface area contributed by atoms with Crippen LogP contribution in [-0.4, -0.2) is 48.2 Å². The molecule has 0 heterocycles. The van der Waals surface area contributed by atoms with E-state index < -0.39 is 34.3 Å². The van der Waals surface area contributed by atoms with E-state index in [9.17, 15) is 13.2 Å². The first-order chi connectivity index (χ1) is 8.27. The summed E-state index contributed by atoms with van der Waals surface area (Å²) in [6.45, 7) is 0.888. The highest BCUT2D eigenvalue weighted by atomic mass is 32.2. The van der Waals surface area contributed by atoms with Gasteiger partial charge in [-0.05, 0) is 24.6 Å². The van der Waals surface area contributed by atoms with Gasteiger partial charge in [0.2, 0.25) is 0 Å². The first kappa shape index (κ1) is 14.6. The zero-order valence-corrected chi connectivity index (χ0v) is 10.5. The quantitative estimate of drug-likeness (QED) is 0.686. The van der Waals surface area contributed by atoms with Crippen LogP contribution in [0.1, 0.15) is 15.9 Å². The highest BCUT2D eigenvalue weighted by Crippen LogP contribution is 2.17.